The summed E-state index contributed by atoms with van der Waals surface area (Å²) in [6.07, 6.45) is -2.70. The van der Waals surface area contributed by atoms with Crippen LogP contribution in [0.4, 0.5) is 22.4 Å². The van der Waals surface area contributed by atoms with Crippen LogP contribution in [0.25, 0.3) is 5.69 Å². The van der Waals surface area contributed by atoms with E-state index >= 15 is 0 Å². The molecule has 0 saturated heterocycles. The third-order valence-corrected chi connectivity index (χ3v) is 4.67. The van der Waals surface area contributed by atoms with E-state index in [0.717, 1.165) is 28.3 Å². The van der Waals surface area contributed by atoms with Crippen molar-refractivity contribution in [2.75, 3.05) is 0 Å². The number of ether oxygens (including phenoxy) is 2. The second-order valence-electron chi connectivity index (χ2n) is 6.67. The van der Waals surface area contributed by atoms with E-state index in [1.54, 1.807) is 27.0 Å². The molecule has 0 spiro atoms. The normalized spacial score (nSPS) is 17.5. The van der Waals surface area contributed by atoms with Crippen LogP contribution in [-0.4, -0.2) is 28.4 Å². The molecule has 0 radical (unpaired) electrons. The molecule has 29 heavy (non-hydrogen) atoms. The minimum absolute atomic E-state index is 0.210. The van der Waals surface area contributed by atoms with Gasteiger partial charge in [-0.15, -0.1) is 17.8 Å². The van der Waals surface area contributed by atoms with E-state index in [-0.39, 0.29) is 10.5 Å². The number of nitrogens with zero attached hydrogens (tertiary/aromatic N) is 2. The van der Waals surface area contributed by atoms with Gasteiger partial charge in [0.15, 0.2) is 16.3 Å². The van der Waals surface area contributed by atoms with Crippen molar-refractivity contribution in [3.8, 4) is 29.5 Å². The third-order valence-electron chi connectivity index (χ3n) is 3.77. The van der Waals surface area contributed by atoms with Crippen molar-refractivity contribution in [3.63, 3.8) is 0 Å². The van der Waals surface area contributed by atoms with Gasteiger partial charge in [0.05, 0.1) is 11.2 Å². The van der Waals surface area contributed by atoms with Crippen molar-refractivity contribution in [2.24, 2.45) is 4.99 Å². The van der Waals surface area contributed by atoms with Crippen LogP contribution in [-0.2, 0) is 0 Å². The molecule has 2 aromatic rings. The number of hydrogen-bond acceptors (Lipinski definition) is 4. The van der Waals surface area contributed by atoms with Crippen LogP contribution >= 0.6 is 11.3 Å². The lowest BCUT2D eigenvalue weighted by atomic mass is 10.1. The Kier molecular flexibility index (Phi) is 4.86. The Hall–Kier alpha value is -3.00. The Labute approximate surface area is 166 Å². The summed E-state index contributed by atoms with van der Waals surface area (Å²) in [5.74, 6) is 1.29. The van der Waals surface area contributed by atoms with Gasteiger partial charge in [-0.3, -0.25) is 4.57 Å². The Morgan fingerprint density at radius 1 is 1.24 bits per heavy atom. The highest BCUT2D eigenvalue weighted by molar-refractivity contribution is 7.09. The number of urea groups is 1. The molecule has 0 bridgehead atoms. The highest BCUT2D eigenvalue weighted by atomic mass is 32.1. The molecule has 11 heteroatoms. The lowest BCUT2D eigenvalue weighted by molar-refractivity contribution is -0.391. The van der Waals surface area contributed by atoms with Crippen LogP contribution in [0.3, 0.4) is 0 Å². The zero-order valence-corrected chi connectivity index (χ0v) is 16.2. The minimum atomic E-state index is -4.83. The Balaban J connectivity index is 2.01. The number of terminal acetylenes is 1. The number of nitrogens with one attached hydrogen (secondary N) is 1. The maximum atomic E-state index is 13.5. The molecule has 2 heterocycles. The fraction of sp³-hybridized carbons (Fsp3) is 0.333. The summed E-state index contributed by atoms with van der Waals surface area (Å²) in [7, 11) is 0. The molecule has 154 valence electrons. The van der Waals surface area contributed by atoms with Gasteiger partial charge in [0.25, 0.3) is 0 Å². The Morgan fingerprint density at radius 2 is 1.86 bits per heavy atom. The van der Waals surface area contributed by atoms with E-state index in [9.17, 15) is 22.4 Å². The molecule has 1 aliphatic heterocycles. The van der Waals surface area contributed by atoms with Crippen molar-refractivity contribution in [3.05, 3.63) is 34.1 Å². The number of benzene rings is 1. The number of carbonyl (C=O) groups is 1. The van der Waals surface area contributed by atoms with E-state index in [2.05, 4.69) is 25.7 Å². The number of aryl methyl sites for hydroxylation is 1. The predicted molar refractivity (Wildman–Crippen MR) is 96.5 cm³/mol. The highest BCUT2D eigenvalue weighted by Gasteiger charge is 2.65. The summed E-state index contributed by atoms with van der Waals surface area (Å²) in [5, 5.41) is 2.54. The summed E-state index contributed by atoms with van der Waals surface area (Å²) in [6.45, 7) is 4.98. The van der Waals surface area contributed by atoms with E-state index in [1.807, 2.05) is 0 Å². The van der Waals surface area contributed by atoms with Gasteiger partial charge in [-0.05, 0) is 32.9 Å². The average Bonchev–Trinajstić information content (AvgIpc) is 2.94. The van der Waals surface area contributed by atoms with Gasteiger partial charge in [0, 0.05) is 17.1 Å². The second-order valence-corrected chi connectivity index (χ2v) is 7.89. The fourth-order valence-electron chi connectivity index (χ4n) is 2.34. The van der Waals surface area contributed by atoms with Gasteiger partial charge in [0.1, 0.15) is 0 Å². The Bertz CT molecular complexity index is 1080. The van der Waals surface area contributed by atoms with Crippen LogP contribution in [0.2, 0.25) is 0 Å². The van der Waals surface area contributed by atoms with E-state index in [4.69, 9.17) is 6.42 Å². The van der Waals surface area contributed by atoms with Gasteiger partial charge >= 0.3 is 18.2 Å². The minimum Gasteiger partial charge on any atom is -0.421 e. The first-order valence-electron chi connectivity index (χ1n) is 8.15. The molecule has 0 saturated carbocycles. The molecule has 2 amide bonds. The molecule has 0 aliphatic carbocycles. The number of thiazole rings is 1. The van der Waals surface area contributed by atoms with Crippen molar-refractivity contribution < 1.29 is 31.8 Å². The summed E-state index contributed by atoms with van der Waals surface area (Å²) >= 11 is 1.15. The van der Waals surface area contributed by atoms with Crippen LogP contribution in [0, 0.1) is 19.3 Å². The van der Waals surface area contributed by atoms with Crippen molar-refractivity contribution in [2.45, 2.75) is 38.5 Å². The van der Waals surface area contributed by atoms with Gasteiger partial charge in [-0.25, -0.2) is 4.79 Å². The first-order valence-corrected chi connectivity index (χ1v) is 8.97. The fourth-order valence-corrected chi connectivity index (χ4v) is 3.17. The van der Waals surface area contributed by atoms with Crippen molar-refractivity contribution in [1.29, 1.82) is 0 Å². The third kappa shape index (κ3) is 4.07. The SMILES string of the molecule is C#CC(C)(C)NC(=O)/N=c1\sc(C)cn1-c1ccc2c(c1)OC(F)(F)C(F)(F)O2. The number of halogens is 4. The predicted octanol–water partition coefficient (Wildman–Crippen LogP) is 3.83. The van der Waals surface area contributed by atoms with Crippen molar-refractivity contribution >= 4 is 17.4 Å². The largest absolute Gasteiger partial charge is 0.507 e. The second kappa shape index (κ2) is 6.81. The quantitative estimate of drug-likeness (QED) is 0.583. The molecule has 1 aromatic carbocycles. The lowest BCUT2D eigenvalue weighted by Gasteiger charge is -2.31. The zero-order chi connectivity index (χ0) is 21.6. The number of fused-ring (bicyclic) bond motifs is 1. The van der Waals surface area contributed by atoms with Crippen LogP contribution in [0.1, 0.15) is 18.7 Å². The molecular formula is C18H15F4N3O3S. The standard InChI is InChI=1S/C18H15F4N3O3S/c1-5-16(3,4)24-14(26)23-15-25(9-10(2)29-15)11-6-7-12-13(8-11)28-18(21,22)17(19,20)27-12/h1,6-9H,2-4H3,(H,24,26)/b23-15-. The van der Waals surface area contributed by atoms with E-state index in [0.29, 0.717) is 0 Å². The summed E-state index contributed by atoms with van der Waals surface area (Å²) < 4.78 is 63.1. The molecular weight excluding hydrogens is 414 g/mol. The maximum absolute atomic E-state index is 13.5. The zero-order valence-electron chi connectivity index (χ0n) is 15.4. The van der Waals surface area contributed by atoms with Gasteiger partial charge in [0.2, 0.25) is 0 Å². The number of carbonyl (C=O) groups excluding carboxylic acids is 1. The summed E-state index contributed by atoms with van der Waals surface area (Å²) in [5.41, 5.74) is -0.675. The number of alkyl halides is 4. The van der Waals surface area contributed by atoms with Crippen LogP contribution < -0.4 is 19.6 Å². The highest BCUT2D eigenvalue weighted by Crippen LogP contribution is 2.47. The first kappa shape index (κ1) is 20.7. The number of amides is 2. The van der Waals surface area contributed by atoms with Gasteiger partial charge in [-0.1, -0.05) is 5.92 Å². The first-order chi connectivity index (χ1) is 13.3. The van der Waals surface area contributed by atoms with Gasteiger partial charge in [-0.2, -0.15) is 22.6 Å². The number of rotatable bonds is 2. The smallest absolute Gasteiger partial charge is 0.421 e. The van der Waals surface area contributed by atoms with Crippen LogP contribution in [0.5, 0.6) is 11.5 Å². The van der Waals surface area contributed by atoms with Gasteiger partial charge < -0.3 is 14.8 Å². The average molecular weight is 429 g/mol. The Morgan fingerprint density at radius 3 is 2.48 bits per heavy atom. The maximum Gasteiger partial charge on any atom is 0.507 e. The molecule has 1 aromatic heterocycles. The molecule has 1 N–H and O–H groups in total. The molecule has 0 atom stereocenters. The molecule has 0 fully saturated rings. The topological polar surface area (TPSA) is 64.9 Å². The summed E-state index contributed by atoms with van der Waals surface area (Å²) in [6, 6.07) is 2.80. The molecule has 1 aliphatic rings. The molecule has 0 unspecified atom stereocenters. The lowest BCUT2D eigenvalue weighted by Crippen LogP contribution is -2.52. The van der Waals surface area contributed by atoms with Crippen molar-refractivity contribution in [1.82, 2.24) is 9.88 Å². The number of hydrogen-bond donors (Lipinski definition) is 1. The molecule has 6 nitrogen and oxygen atoms in total. The van der Waals surface area contributed by atoms with Crippen LogP contribution in [0.15, 0.2) is 29.4 Å². The van der Waals surface area contributed by atoms with E-state index < -0.39 is 35.3 Å². The molecule has 3 rings (SSSR count). The van der Waals surface area contributed by atoms with E-state index in [1.165, 1.54) is 10.6 Å². The number of aromatic nitrogens is 1. The monoisotopic (exact) mass is 429 g/mol. The summed E-state index contributed by atoms with van der Waals surface area (Å²) in [4.78, 5) is 17.1.